The van der Waals surface area contributed by atoms with Gasteiger partial charge in [0.25, 0.3) is 5.56 Å². The highest BCUT2D eigenvalue weighted by atomic mass is 31.2. The minimum Gasteiger partial charge on any atom is -0.462 e. The molecule has 198 valence electrons. The number of carbonyl (C=O) groups is 1. The van der Waals surface area contributed by atoms with E-state index in [1.807, 2.05) is 0 Å². The molecule has 3 rings (SSSR count). The highest BCUT2D eigenvalue weighted by Gasteiger charge is 2.46. The van der Waals surface area contributed by atoms with Crippen molar-refractivity contribution in [2.75, 3.05) is 13.2 Å². The zero-order valence-electron chi connectivity index (χ0n) is 20.0. The molecule has 0 amide bonds. The smallest absolute Gasteiger partial charge is 0.459 e. The average molecular weight is 527 g/mol. The summed E-state index contributed by atoms with van der Waals surface area (Å²) in [4.78, 5) is 37.9. The molecule has 0 radical (unpaired) electrons. The Morgan fingerprint density at radius 1 is 1.22 bits per heavy atom. The van der Waals surface area contributed by atoms with Gasteiger partial charge in [-0.3, -0.25) is 23.7 Å². The van der Waals surface area contributed by atoms with Crippen molar-refractivity contribution in [1.82, 2.24) is 14.6 Å². The molecule has 13 nitrogen and oxygen atoms in total. The summed E-state index contributed by atoms with van der Waals surface area (Å²) in [6, 6.07) is 8.13. The van der Waals surface area contributed by atoms with E-state index in [0.29, 0.717) is 0 Å². The summed E-state index contributed by atoms with van der Waals surface area (Å²) in [5, 5.41) is 23.0. The molecule has 2 heterocycles. The summed E-state index contributed by atoms with van der Waals surface area (Å²) >= 11 is 0. The van der Waals surface area contributed by atoms with Gasteiger partial charge in [0, 0.05) is 18.2 Å². The Balaban J connectivity index is 1.79. The molecule has 0 saturated carbocycles. The Labute approximate surface area is 206 Å². The van der Waals surface area contributed by atoms with Crippen molar-refractivity contribution in [2.45, 2.75) is 51.4 Å². The maximum Gasteiger partial charge on any atom is 0.459 e. The lowest BCUT2D eigenvalue weighted by Gasteiger charge is -2.25. The quantitative estimate of drug-likeness (QED) is 0.237. The summed E-state index contributed by atoms with van der Waals surface area (Å²) in [7, 11) is -4.22. The Morgan fingerprint density at radius 3 is 2.53 bits per heavy atom. The number of carbonyl (C=O) groups excluding carboxylic acids is 1. The topological polar surface area (TPSA) is 178 Å². The fourth-order valence-corrected chi connectivity index (χ4v) is 5.05. The van der Waals surface area contributed by atoms with Crippen molar-refractivity contribution < 1.29 is 38.1 Å². The molecule has 36 heavy (non-hydrogen) atoms. The van der Waals surface area contributed by atoms with Crippen molar-refractivity contribution >= 4 is 13.7 Å². The lowest BCUT2D eigenvalue weighted by Crippen LogP contribution is -2.37. The second kappa shape index (κ2) is 12.0. The van der Waals surface area contributed by atoms with Gasteiger partial charge in [0.1, 0.15) is 17.9 Å². The number of H-pyrrole nitrogens is 1. The van der Waals surface area contributed by atoms with E-state index in [9.17, 15) is 29.2 Å². The third-order valence-corrected chi connectivity index (χ3v) is 6.94. The van der Waals surface area contributed by atoms with E-state index >= 15 is 0 Å². The fraction of sp³-hybridized carbons (Fsp3) is 0.500. The molecule has 0 spiro atoms. The van der Waals surface area contributed by atoms with Crippen LogP contribution in [0.15, 0.2) is 52.2 Å². The number of para-hydroxylation sites is 1. The van der Waals surface area contributed by atoms with Gasteiger partial charge in [0.05, 0.1) is 25.4 Å². The first-order valence-electron chi connectivity index (χ1n) is 11.3. The van der Waals surface area contributed by atoms with Crippen LogP contribution in [-0.4, -0.2) is 63.3 Å². The first-order valence-corrected chi connectivity index (χ1v) is 12.8. The maximum absolute atomic E-state index is 13.6. The Kier molecular flexibility index (Phi) is 9.23. The molecule has 1 aromatic carbocycles. The van der Waals surface area contributed by atoms with Crippen LogP contribution in [0.3, 0.4) is 0 Å². The number of nitrogens with zero attached hydrogens (tertiary/aromatic N) is 1. The van der Waals surface area contributed by atoms with Crippen molar-refractivity contribution in [3.8, 4) is 5.75 Å². The van der Waals surface area contributed by atoms with Gasteiger partial charge in [0.15, 0.2) is 6.23 Å². The maximum atomic E-state index is 13.6. The van der Waals surface area contributed by atoms with E-state index in [2.05, 4.69) is 10.1 Å². The number of ether oxygens (including phenoxy) is 2. The van der Waals surface area contributed by atoms with Gasteiger partial charge in [0.2, 0.25) is 0 Å². The molecule has 1 fully saturated rings. The average Bonchev–Trinajstić information content (AvgIpc) is 3.13. The van der Waals surface area contributed by atoms with Crippen LogP contribution in [0.2, 0.25) is 0 Å². The Bertz CT molecular complexity index is 1180. The van der Waals surface area contributed by atoms with Gasteiger partial charge in [-0.2, -0.15) is 5.09 Å². The van der Waals surface area contributed by atoms with Crippen molar-refractivity contribution in [3.05, 3.63) is 63.4 Å². The lowest BCUT2D eigenvalue weighted by atomic mass is 9.99. The number of hydrogen-bond acceptors (Lipinski definition) is 10. The highest BCUT2D eigenvalue weighted by molar-refractivity contribution is 7.52. The predicted octanol–water partition coefficient (Wildman–Crippen LogP) is 0.537. The molecule has 1 aliphatic rings. The fourth-order valence-electron chi connectivity index (χ4n) is 3.54. The first kappa shape index (κ1) is 27.8. The summed E-state index contributed by atoms with van der Waals surface area (Å²) < 4.78 is 36.6. The monoisotopic (exact) mass is 527 g/mol. The van der Waals surface area contributed by atoms with E-state index < -0.39 is 74.7 Å². The number of rotatable bonds is 11. The van der Waals surface area contributed by atoms with Crippen LogP contribution in [0.25, 0.3) is 0 Å². The lowest BCUT2D eigenvalue weighted by molar-refractivity contribution is -0.149. The first-order chi connectivity index (χ1) is 17.0. The van der Waals surface area contributed by atoms with Crippen LogP contribution in [0.4, 0.5) is 0 Å². The molecule has 1 aliphatic heterocycles. The van der Waals surface area contributed by atoms with E-state index in [0.717, 1.165) is 16.8 Å². The number of aromatic amines is 1. The van der Waals surface area contributed by atoms with Gasteiger partial charge in [-0.15, -0.1) is 0 Å². The molecule has 1 aromatic heterocycles. The van der Waals surface area contributed by atoms with E-state index in [1.54, 1.807) is 44.2 Å². The zero-order valence-corrected chi connectivity index (χ0v) is 20.9. The number of aliphatic hydroxyl groups excluding tert-OH is 2. The number of benzene rings is 1. The number of aromatic nitrogens is 2. The number of hydrogen-bond donors (Lipinski definition) is 4. The van der Waals surface area contributed by atoms with Crippen LogP contribution in [0, 0.1) is 5.92 Å². The Hall–Kier alpha value is -2.80. The second-order valence-corrected chi connectivity index (χ2v) is 10.1. The third-order valence-electron chi connectivity index (χ3n) is 5.29. The largest absolute Gasteiger partial charge is 0.462 e. The van der Waals surface area contributed by atoms with Gasteiger partial charge in [-0.05, 0) is 32.9 Å². The standard InChI is InChI=1S/C22H30N3O10P/c1-13(2)33-21(29)14(3)24-36(31,35-15-7-5-4-6-8-15)32-12-17-16(11-26)19(28)20(34-17)25-10-9-18(27)23-22(25)30/h4-10,13-14,16-17,19-20,26,28H,11-12H2,1-3H3,(H,24,31)(H,23,27,30)/t14-,16+,17+,19+,20+,36+/m0/s1. The Morgan fingerprint density at radius 2 is 1.92 bits per heavy atom. The SMILES string of the molecule is CC(C)OC(=O)[C@H](C)N[P@@](=O)(OC[C@H]1O[C@@H](n2ccc(=O)[nH]c2=O)[C@H](O)[C@@H]1CO)Oc1ccccc1. The number of aliphatic hydroxyl groups is 2. The molecule has 0 unspecified atom stereocenters. The highest BCUT2D eigenvalue weighted by Crippen LogP contribution is 2.46. The minimum atomic E-state index is -4.22. The molecular formula is C22H30N3O10P. The zero-order chi connectivity index (χ0) is 26.5. The van der Waals surface area contributed by atoms with Crippen molar-refractivity contribution in [3.63, 3.8) is 0 Å². The number of nitrogens with one attached hydrogen (secondary N) is 2. The third kappa shape index (κ3) is 6.90. The normalized spacial score (nSPS) is 24.3. The summed E-state index contributed by atoms with van der Waals surface area (Å²) in [6.07, 6.45) is -2.87. The van der Waals surface area contributed by atoms with Gasteiger partial charge >= 0.3 is 19.4 Å². The van der Waals surface area contributed by atoms with E-state index in [-0.39, 0.29) is 5.75 Å². The molecule has 4 N–H and O–H groups in total. The van der Waals surface area contributed by atoms with Crippen LogP contribution in [0.1, 0.15) is 27.0 Å². The molecular weight excluding hydrogens is 497 g/mol. The molecule has 14 heteroatoms. The van der Waals surface area contributed by atoms with Crippen LogP contribution in [-0.2, 0) is 23.4 Å². The summed E-state index contributed by atoms with van der Waals surface area (Å²) in [5.74, 6) is -1.41. The van der Waals surface area contributed by atoms with E-state index in [4.69, 9.17) is 18.5 Å². The predicted molar refractivity (Wildman–Crippen MR) is 126 cm³/mol. The summed E-state index contributed by atoms with van der Waals surface area (Å²) in [5.41, 5.74) is -1.44. The van der Waals surface area contributed by atoms with Crippen LogP contribution < -0.4 is 20.9 Å². The second-order valence-electron chi connectivity index (χ2n) is 8.45. The molecule has 1 saturated heterocycles. The van der Waals surface area contributed by atoms with Gasteiger partial charge in [-0.1, -0.05) is 18.2 Å². The summed E-state index contributed by atoms with van der Waals surface area (Å²) in [6.45, 7) is 3.78. The van der Waals surface area contributed by atoms with E-state index in [1.165, 1.54) is 6.92 Å². The molecule has 6 atom stereocenters. The van der Waals surface area contributed by atoms with Crippen molar-refractivity contribution in [1.29, 1.82) is 0 Å². The van der Waals surface area contributed by atoms with Crippen molar-refractivity contribution in [2.24, 2.45) is 5.92 Å². The van der Waals surface area contributed by atoms with Crippen LogP contribution in [0.5, 0.6) is 5.75 Å². The van der Waals surface area contributed by atoms with Gasteiger partial charge < -0.3 is 24.2 Å². The molecule has 0 aliphatic carbocycles. The molecule has 0 bridgehead atoms. The number of esters is 1. The molecule has 2 aromatic rings. The van der Waals surface area contributed by atoms with Gasteiger partial charge in [-0.25, -0.2) is 9.36 Å². The van der Waals surface area contributed by atoms with Crippen LogP contribution >= 0.6 is 7.75 Å². The minimum absolute atomic E-state index is 0.196.